The molecule has 6 nitrogen and oxygen atoms in total. The summed E-state index contributed by atoms with van der Waals surface area (Å²) in [6, 6.07) is 4.01. The van der Waals surface area contributed by atoms with Gasteiger partial charge >= 0.3 is 5.97 Å². The van der Waals surface area contributed by atoms with Gasteiger partial charge in [-0.15, -0.1) is 0 Å². The Labute approximate surface area is 109 Å². The molecule has 100 valence electrons. The molecule has 0 saturated carbocycles. The van der Waals surface area contributed by atoms with E-state index < -0.39 is 15.8 Å². The number of carbonyl (C=O) groups is 1. The molecule has 0 amide bonds. The van der Waals surface area contributed by atoms with E-state index in [1.165, 1.54) is 30.7 Å². The van der Waals surface area contributed by atoms with Crippen LogP contribution < -0.4 is 0 Å². The molecule has 0 atom stereocenters. The molecule has 1 heterocycles. The molecule has 0 unspecified atom stereocenters. The van der Waals surface area contributed by atoms with Crippen molar-refractivity contribution in [2.45, 2.75) is 17.6 Å². The molecule has 0 bridgehead atoms. The van der Waals surface area contributed by atoms with Crippen LogP contribution in [0.2, 0.25) is 0 Å². The number of sulfone groups is 1. The molecule has 0 aliphatic carbocycles. The second kappa shape index (κ2) is 4.85. The highest BCUT2D eigenvalue weighted by atomic mass is 32.2. The minimum Gasteiger partial charge on any atom is -0.478 e. The van der Waals surface area contributed by atoms with Crippen LogP contribution in [0.1, 0.15) is 21.5 Å². The minimum absolute atomic E-state index is 0.00796. The smallest absolute Gasteiger partial charge is 0.335 e. The number of hydrogen-bond acceptors (Lipinski definition) is 5. The lowest BCUT2D eigenvalue weighted by Gasteiger charge is -2.07. The van der Waals surface area contributed by atoms with Crippen molar-refractivity contribution in [3.05, 3.63) is 47.3 Å². The summed E-state index contributed by atoms with van der Waals surface area (Å²) >= 11 is 0. The Morgan fingerprint density at radius 3 is 2.74 bits per heavy atom. The molecule has 0 aliphatic heterocycles. The Kier molecular flexibility index (Phi) is 3.39. The summed E-state index contributed by atoms with van der Waals surface area (Å²) in [7, 11) is -3.63. The second-order valence-electron chi connectivity index (χ2n) is 4.08. The van der Waals surface area contributed by atoms with Crippen molar-refractivity contribution in [2.75, 3.05) is 0 Å². The van der Waals surface area contributed by atoms with Gasteiger partial charge in [0.2, 0.25) is 0 Å². The zero-order valence-electron chi connectivity index (χ0n) is 10.0. The fourth-order valence-electron chi connectivity index (χ4n) is 1.66. The van der Waals surface area contributed by atoms with Gasteiger partial charge in [0.15, 0.2) is 9.84 Å². The van der Waals surface area contributed by atoms with Crippen LogP contribution in [0.25, 0.3) is 0 Å². The van der Waals surface area contributed by atoms with Crippen molar-refractivity contribution in [3.8, 4) is 0 Å². The molecule has 0 saturated heterocycles. The highest BCUT2D eigenvalue weighted by Gasteiger charge is 2.20. The predicted molar refractivity (Wildman–Crippen MR) is 65.5 cm³/mol. The molecule has 0 aliphatic rings. The number of hydrogen-bond donors (Lipinski definition) is 1. The number of rotatable bonds is 4. The Balaban J connectivity index is 2.45. The summed E-state index contributed by atoms with van der Waals surface area (Å²) in [6.45, 7) is 1.62. The number of carboxylic acids is 1. The van der Waals surface area contributed by atoms with Gasteiger partial charge in [-0.1, -0.05) is 11.2 Å². The number of benzene rings is 1. The van der Waals surface area contributed by atoms with E-state index in [1.807, 2.05) is 0 Å². The lowest BCUT2D eigenvalue weighted by molar-refractivity contribution is 0.0696. The third-order valence-corrected chi connectivity index (χ3v) is 4.43. The van der Waals surface area contributed by atoms with E-state index in [9.17, 15) is 13.2 Å². The van der Waals surface area contributed by atoms with Crippen LogP contribution >= 0.6 is 0 Å². The van der Waals surface area contributed by atoms with E-state index in [-0.39, 0.29) is 16.2 Å². The quantitative estimate of drug-likeness (QED) is 0.915. The van der Waals surface area contributed by atoms with Gasteiger partial charge in [0.25, 0.3) is 0 Å². The number of aryl methyl sites for hydroxylation is 1. The molecule has 0 radical (unpaired) electrons. The van der Waals surface area contributed by atoms with Gasteiger partial charge in [0, 0.05) is 5.56 Å². The molecule has 1 aromatic carbocycles. The summed E-state index contributed by atoms with van der Waals surface area (Å²) < 4.78 is 29.0. The summed E-state index contributed by atoms with van der Waals surface area (Å²) in [5.41, 5.74) is 0.857. The third-order valence-electron chi connectivity index (χ3n) is 2.61. The lowest BCUT2D eigenvalue weighted by atomic mass is 10.1. The molecule has 0 spiro atoms. The van der Waals surface area contributed by atoms with Crippen LogP contribution in [0.15, 0.2) is 40.1 Å². The van der Waals surface area contributed by atoms with Crippen molar-refractivity contribution in [3.63, 3.8) is 0 Å². The van der Waals surface area contributed by atoms with Crippen LogP contribution in [0.5, 0.6) is 0 Å². The van der Waals surface area contributed by atoms with E-state index in [1.54, 1.807) is 6.92 Å². The topological polar surface area (TPSA) is 97.5 Å². The third kappa shape index (κ3) is 2.82. The monoisotopic (exact) mass is 281 g/mol. The second-order valence-corrected chi connectivity index (χ2v) is 6.04. The van der Waals surface area contributed by atoms with E-state index in [0.29, 0.717) is 11.1 Å². The van der Waals surface area contributed by atoms with Crippen molar-refractivity contribution in [1.29, 1.82) is 0 Å². The summed E-state index contributed by atoms with van der Waals surface area (Å²) in [5.74, 6) is -1.44. The fraction of sp³-hybridized carbons (Fsp3) is 0.167. The predicted octanol–water partition coefficient (Wildman–Crippen LogP) is 1.66. The van der Waals surface area contributed by atoms with Gasteiger partial charge in [0.05, 0.1) is 22.4 Å². The standard InChI is InChI=1S/C12H11NO5S/c1-8-2-3-10(12(14)15)4-11(8)19(16,17)7-9-5-13-18-6-9/h2-6H,7H2,1H3,(H,14,15). The zero-order chi connectivity index (χ0) is 14.0. The van der Waals surface area contributed by atoms with E-state index in [0.717, 1.165) is 0 Å². The van der Waals surface area contributed by atoms with Crippen LogP contribution in [0.4, 0.5) is 0 Å². The van der Waals surface area contributed by atoms with Gasteiger partial charge in [0.1, 0.15) is 6.26 Å². The fourth-order valence-corrected chi connectivity index (χ4v) is 3.27. The van der Waals surface area contributed by atoms with Crippen LogP contribution in [0, 0.1) is 6.92 Å². The van der Waals surface area contributed by atoms with Crippen molar-refractivity contribution < 1.29 is 22.8 Å². The maximum Gasteiger partial charge on any atom is 0.335 e. The average Bonchev–Trinajstić information content (AvgIpc) is 2.81. The first-order chi connectivity index (χ1) is 8.90. The number of aromatic nitrogens is 1. The SMILES string of the molecule is Cc1ccc(C(=O)O)cc1S(=O)(=O)Cc1cnoc1. The van der Waals surface area contributed by atoms with Gasteiger partial charge in [-0.2, -0.15) is 0 Å². The highest BCUT2D eigenvalue weighted by Crippen LogP contribution is 2.21. The molecule has 7 heteroatoms. The molecule has 0 fully saturated rings. The molecule has 1 aromatic heterocycles. The molecule has 1 N–H and O–H groups in total. The van der Waals surface area contributed by atoms with Gasteiger partial charge in [-0.25, -0.2) is 13.2 Å². The van der Waals surface area contributed by atoms with Crippen molar-refractivity contribution in [2.24, 2.45) is 0 Å². The average molecular weight is 281 g/mol. The molecular weight excluding hydrogens is 270 g/mol. The molecule has 2 aromatic rings. The maximum atomic E-state index is 12.2. The summed E-state index contributed by atoms with van der Waals surface area (Å²) in [4.78, 5) is 10.9. The number of aromatic carboxylic acids is 1. The first-order valence-electron chi connectivity index (χ1n) is 5.35. The van der Waals surface area contributed by atoms with E-state index in [4.69, 9.17) is 5.11 Å². The van der Waals surface area contributed by atoms with Crippen LogP contribution in [0.3, 0.4) is 0 Å². The Bertz CT molecular complexity index is 704. The molecular formula is C12H11NO5S. The van der Waals surface area contributed by atoms with Gasteiger partial charge in [-0.05, 0) is 24.6 Å². The van der Waals surface area contributed by atoms with Gasteiger partial charge < -0.3 is 9.63 Å². The Hall–Kier alpha value is -2.15. The van der Waals surface area contributed by atoms with E-state index >= 15 is 0 Å². The summed E-state index contributed by atoms with van der Waals surface area (Å²) in [5, 5.41) is 12.3. The lowest BCUT2D eigenvalue weighted by Crippen LogP contribution is -2.08. The molecule has 2 rings (SSSR count). The van der Waals surface area contributed by atoms with Gasteiger partial charge in [-0.3, -0.25) is 0 Å². The van der Waals surface area contributed by atoms with Crippen molar-refractivity contribution in [1.82, 2.24) is 5.16 Å². The Morgan fingerprint density at radius 2 is 2.16 bits per heavy atom. The first kappa shape index (κ1) is 13.3. The largest absolute Gasteiger partial charge is 0.478 e. The first-order valence-corrected chi connectivity index (χ1v) is 7.00. The maximum absolute atomic E-state index is 12.2. The van der Waals surface area contributed by atoms with Crippen molar-refractivity contribution >= 4 is 15.8 Å². The zero-order valence-corrected chi connectivity index (χ0v) is 10.8. The number of nitrogens with zero attached hydrogens (tertiary/aromatic N) is 1. The minimum atomic E-state index is -3.63. The van der Waals surface area contributed by atoms with Crippen LogP contribution in [-0.2, 0) is 15.6 Å². The summed E-state index contributed by atoms with van der Waals surface area (Å²) in [6.07, 6.45) is 2.56. The Morgan fingerprint density at radius 1 is 1.42 bits per heavy atom. The molecule has 19 heavy (non-hydrogen) atoms. The normalized spacial score (nSPS) is 11.4. The highest BCUT2D eigenvalue weighted by molar-refractivity contribution is 7.90. The van der Waals surface area contributed by atoms with Crippen LogP contribution in [-0.4, -0.2) is 24.7 Å². The number of carboxylic acid groups (broad SMARTS) is 1. The van der Waals surface area contributed by atoms with E-state index in [2.05, 4.69) is 9.68 Å².